The Morgan fingerprint density at radius 1 is 0.792 bits per heavy atom. The van der Waals surface area contributed by atoms with Gasteiger partial charge in [0.25, 0.3) is 0 Å². The zero-order valence-corrected chi connectivity index (χ0v) is 15.7. The van der Waals surface area contributed by atoms with E-state index < -0.39 is 0 Å². The second-order valence-corrected chi connectivity index (χ2v) is 7.58. The summed E-state index contributed by atoms with van der Waals surface area (Å²) >= 11 is 0. The molecule has 0 saturated heterocycles. The third kappa shape index (κ3) is 8.57. The molecule has 1 aromatic carbocycles. The van der Waals surface area contributed by atoms with E-state index in [-0.39, 0.29) is 0 Å². The van der Waals surface area contributed by atoms with Gasteiger partial charge in [0, 0.05) is 12.2 Å². The maximum atomic E-state index is 3.72. The first-order valence-corrected chi connectivity index (χ1v) is 10.3. The lowest BCUT2D eigenvalue weighted by atomic mass is 10.00. The van der Waals surface area contributed by atoms with Crippen molar-refractivity contribution in [3.05, 3.63) is 47.7 Å². The van der Waals surface area contributed by atoms with E-state index >= 15 is 0 Å². The van der Waals surface area contributed by atoms with Crippen LogP contribution in [0.3, 0.4) is 0 Å². The second-order valence-electron chi connectivity index (χ2n) is 7.58. The smallest absolute Gasteiger partial charge is 0.0397 e. The Balaban J connectivity index is 1.87. The van der Waals surface area contributed by atoms with Gasteiger partial charge in [-0.05, 0) is 30.7 Å². The molecule has 24 heavy (non-hydrogen) atoms. The van der Waals surface area contributed by atoms with Crippen molar-refractivity contribution < 1.29 is 0 Å². The molecule has 1 aliphatic rings. The molecule has 1 N–H and O–H groups in total. The largest absolute Gasteiger partial charge is 0.385 e. The van der Waals surface area contributed by atoms with E-state index in [1.807, 2.05) is 0 Å². The van der Waals surface area contributed by atoms with Crippen molar-refractivity contribution >= 4 is 0 Å². The number of nitrogens with one attached hydrogen (secondary N) is 1. The maximum Gasteiger partial charge on any atom is 0.0397 e. The average Bonchev–Trinajstić information content (AvgIpc) is 2.61. The van der Waals surface area contributed by atoms with Crippen LogP contribution in [-0.2, 0) is 6.54 Å². The molecule has 0 bridgehead atoms. The van der Waals surface area contributed by atoms with Crippen LogP contribution in [0.15, 0.2) is 42.1 Å². The predicted molar refractivity (Wildman–Crippen MR) is 106 cm³/mol. The van der Waals surface area contributed by atoms with Crippen LogP contribution in [0, 0.1) is 5.92 Å². The fourth-order valence-corrected chi connectivity index (χ4v) is 3.66. The van der Waals surface area contributed by atoms with Crippen LogP contribution in [0.1, 0.15) is 89.5 Å². The maximum absolute atomic E-state index is 3.72. The van der Waals surface area contributed by atoms with Crippen molar-refractivity contribution in [3.8, 4) is 0 Å². The Morgan fingerprint density at radius 3 is 2.04 bits per heavy atom. The van der Waals surface area contributed by atoms with E-state index in [1.54, 1.807) is 0 Å². The highest BCUT2D eigenvalue weighted by Crippen LogP contribution is 2.19. The summed E-state index contributed by atoms with van der Waals surface area (Å²) in [5, 5.41) is 3.72. The van der Waals surface area contributed by atoms with Gasteiger partial charge in [-0.25, -0.2) is 0 Å². The summed E-state index contributed by atoms with van der Waals surface area (Å²) in [5.41, 5.74) is 2.85. The van der Waals surface area contributed by atoms with Gasteiger partial charge in [0.1, 0.15) is 0 Å². The third-order valence-corrected chi connectivity index (χ3v) is 5.20. The van der Waals surface area contributed by atoms with E-state index in [2.05, 4.69) is 48.6 Å². The van der Waals surface area contributed by atoms with Crippen LogP contribution in [-0.4, -0.2) is 0 Å². The van der Waals surface area contributed by atoms with Crippen molar-refractivity contribution in [2.45, 2.75) is 90.5 Å². The Bertz CT molecular complexity index is 448. The van der Waals surface area contributed by atoms with Gasteiger partial charge in [-0.2, -0.15) is 0 Å². The van der Waals surface area contributed by atoms with E-state index in [9.17, 15) is 0 Å². The molecule has 0 fully saturated rings. The van der Waals surface area contributed by atoms with Gasteiger partial charge >= 0.3 is 0 Å². The molecule has 134 valence electrons. The predicted octanol–water partition coefficient (Wildman–Crippen LogP) is 6.99. The van der Waals surface area contributed by atoms with Crippen LogP contribution in [0.25, 0.3) is 0 Å². The number of rotatable bonds is 3. The molecule has 1 aliphatic carbocycles. The minimum absolute atomic E-state index is 0.702. The zero-order chi connectivity index (χ0) is 16.9. The molecule has 0 spiro atoms. The Labute approximate surface area is 149 Å². The van der Waals surface area contributed by atoms with Gasteiger partial charge < -0.3 is 5.32 Å². The minimum atomic E-state index is 0.702. The monoisotopic (exact) mass is 327 g/mol. The lowest BCUT2D eigenvalue weighted by Gasteiger charge is -2.15. The van der Waals surface area contributed by atoms with Crippen LogP contribution in [0.5, 0.6) is 0 Å². The topological polar surface area (TPSA) is 12.0 Å². The molecular weight excluding hydrogens is 290 g/mol. The third-order valence-electron chi connectivity index (χ3n) is 5.20. The number of hydrogen-bond donors (Lipinski definition) is 1. The molecule has 1 atom stereocenters. The molecule has 1 heteroatoms. The molecule has 0 heterocycles. The average molecular weight is 328 g/mol. The summed E-state index contributed by atoms with van der Waals surface area (Å²) in [6.07, 6.45) is 19.3. The summed E-state index contributed by atoms with van der Waals surface area (Å²) < 4.78 is 0. The lowest BCUT2D eigenvalue weighted by Crippen LogP contribution is -2.14. The van der Waals surface area contributed by atoms with E-state index in [4.69, 9.17) is 0 Å². The molecule has 0 amide bonds. The van der Waals surface area contributed by atoms with Crippen molar-refractivity contribution in [1.29, 1.82) is 0 Å². The highest BCUT2D eigenvalue weighted by atomic mass is 14.9. The summed E-state index contributed by atoms with van der Waals surface area (Å²) in [4.78, 5) is 0. The fourth-order valence-electron chi connectivity index (χ4n) is 3.66. The fraction of sp³-hybridized carbons (Fsp3) is 0.652. The van der Waals surface area contributed by atoms with Crippen molar-refractivity contribution in [2.75, 3.05) is 0 Å². The van der Waals surface area contributed by atoms with Crippen LogP contribution in [0.2, 0.25) is 0 Å². The van der Waals surface area contributed by atoms with Crippen molar-refractivity contribution in [1.82, 2.24) is 5.32 Å². The summed E-state index contributed by atoms with van der Waals surface area (Å²) in [5.74, 6) is 0.702. The van der Waals surface area contributed by atoms with Gasteiger partial charge in [-0.15, -0.1) is 0 Å². The number of hydrogen-bond acceptors (Lipinski definition) is 1. The molecule has 0 radical (unpaired) electrons. The molecular formula is C23H37N. The Morgan fingerprint density at radius 2 is 1.38 bits per heavy atom. The normalized spacial score (nSPS) is 24.2. The van der Waals surface area contributed by atoms with E-state index in [0.717, 1.165) is 6.54 Å². The summed E-state index contributed by atoms with van der Waals surface area (Å²) in [6.45, 7) is 3.35. The lowest BCUT2D eigenvalue weighted by molar-refractivity contribution is 0.528. The van der Waals surface area contributed by atoms with Gasteiger partial charge in [0.15, 0.2) is 0 Å². The molecule has 0 aromatic heterocycles. The highest BCUT2D eigenvalue weighted by molar-refractivity contribution is 5.15. The summed E-state index contributed by atoms with van der Waals surface area (Å²) in [6, 6.07) is 10.8. The first kappa shape index (κ1) is 19.1. The first-order valence-electron chi connectivity index (χ1n) is 10.3. The van der Waals surface area contributed by atoms with Crippen LogP contribution >= 0.6 is 0 Å². The van der Waals surface area contributed by atoms with Gasteiger partial charge in [0.2, 0.25) is 0 Å². The first-order chi connectivity index (χ1) is 11.8. The molecule has 0 aliphatic heterocycles. The zero-order valence-electron chi connectivity index (χ0n) is 15.7. The van der Waals surface area contributed by atoms with Crippen LogP contribution < -0.4 is 5.32 Å². The quantitative estimate of drug-likeness (QED) is 0.630. The van der Waals surface area contributed by atoms with Crippen LogP contribution in [0.4, 0.5) is 0 Å². The Kier molecular flexibility index (Phi) is 9.68. The van der Waals surface area contributed by atoms with Gasteiger partial charge in [-0.3, -0.25) is 0 Å². The molecule has 1 nitrogen and oxygen atoms in total. The van der Waals surface area contributed by atoms with E-state index in [0.29, 0.717) is 5.92 Å². The van der Waals surface area contributed by atoms with Crippen molar-refractivity contribution in [3.63, 3.8) is 0 Å². The summed E-state index contributed by atoms with van der Waals surface area (Å²) in [7, 11) is 0. The standard InChI is InChI=1S/C23H37N/c1-21-15-11-8-6-4-2-3-5-7-9-14-18-23(19-21)24-20-22-16-12-10-13-17-22/h10,12-13,16-17,19,21,24H,2-9,11,14-15,18,20H2,1H3/b23-19+. The molecule has 0 saturated carbocycles. The SMILES string of the molecule is CC1/C=C(/NCc2ccccc2)CCCCCCCCCCCC1. The van der Waals surface area contributed by atoms with Crippen molar-refractivity contribution in [2.24, 2.45) is 5.92 Å². The van der Waals surface area contributed by atoms with Gasteiger partial charge in [0.05, 0.1) is 0 Å². The number of allylic oxidation sites excluding steroid dienone is 2. The molecule has 2 rings (SSSR count). The number of benzene rings is 1. The van der Waals surface area contributed by atoms with E-state index in [1.165, 1.54) is 88.3 Å². The second kappa shape index (κ2) is 12.2. The molecule has 1 unspecified atom stereocenters. The van der Waals surface area contributed by atoms with Gasteiger partial charge in [-0.1, -0.05) is 101 Å². The highest BCUT2D eigenvalue weighted by Gasteiger charge is 2.04. The molecule has 1 aromatic rings. The minimum Gasteiger partial charge on any atom is -0.385 e. The Hall–Kier alpha value is -1.24.